The van der Waals surface area contributed by atoms with Crippen molar-refractivity contribution < 1.29 is 14.7 Å². The van der Waals surface area contributed by atoms with Crippen molar-refractivity contribution in [3.8, 4) is 0 Å². The molecule has 0 spiro atoms. The van der Waals surface area contributed by atoms with E-state index in [9.17, 15) is 14.7 Å². The van der Waals surface area contributed by atoms with Crippen molar-refractivity contribution in [2.75, 3.05) is 13.1 Å². The Morgan fingerprint density at radius 3 is 2.39 bits per heavy atom. The topological polar surface area (TPSA) is 69.6 Å². The molecule has 1 amide bonds. The maximum atomic E-state index is 11.6. The van der Waals surface area contributed by atoms with Gasteiger partial charge in [-0.1, -0.05) is 33.8 Å². The molecular formula is C18H32N2O3. The number of allylic oxidation sites excluding steroid dienone is 1. The van der Waals surface area contributed by atoms with Gasteiger partial charge in [0.1, 0.15) is 0 Å². The van der Waals surface area contributed by atoms with E-state index < -0.39 is 5.97 Å². The highest BCUT2D eigenvalue weighted by atomic mass is 16.4. The molecule has 0 unspecified atom stereocenters. The fraction of sp³-hybridized carbons (Fsp3) is 0.778. The van der Waals surface area contributed by atoms with Crippen LogP contribution in [0.5, 0.6) is 0 Å². The molecule has 0 saturated heterocycles. The first kappa shape index (κ1) is 19.7. The van der Waals surface area contributed by atoms with Crippen LogP contribution in [-0.2, 0) is 9.59 Å². The van der Waals surface area contributed by atoms with E-state index >= 15 is 0 Å². The van der Waals surface area contributed by atoms with Crippen LogP contribution in [0.1, 0.15) is 53.9 Å². The van der Waals surface area contributed by atoms with Crippen LogP contribution in [0.2, 0.25) is 0 Å². The molecule has 0 aromatic heterocycles. The second-order valence-electron chi connectivity index (χ2n) is 6.86. The van der Waals surface area contributed by atoms with Crippen molar-refractivity contribution in [2.45, 2.75) is 66.0 Å². The van der Waals surface area contributed by atoms with Gasteiger partial charge >= 0.3 is 5.97 Å². The number of carboxylic acid groups (broad SMARTS) is 1. The molecule has 1 aliphatic rings. The van der Waals surface area contributed by atoms with Gasteiger partial charge in [-0.3, -0.25) is 4.79 Å². The number of carbonyl (C=O) groups excluding carboxylic acids is 1. The van der Waals surface area contributed by atoms with Crippen LogP contribution in [-0.4, -0.2) is 47.1 Å². The molecule has 0 aliphatic heterocycles. The molecule has 0 fully saturated rings. The highest BCUT2D eigenvalue weighted by Gasteiger charge is 2.36. The highest BCUT2D eigenvalue weighted by Crippen LogP contribution is 2.33. The van der Waals surface area contributed by atoms with Gasteiger partial charge in [0.05, 0.1) is 0 Å². The molecule has 5 heteroatoms. The molecule has 1 rings (SSSR count). The Morgan fingerprint density at radius 2 is 1.96 bits per heavy atom. The summed E-state index contributed by atoms with van der Waals surface area (Å²) in [4.78, 5) is 25.3. The molecule has 2 N–H and O–H groups in total. The number of rotatable bonds is 8. The number of amides is 1. The predicted octanol–water partition coefficient (Wildman–Crippen LogP) is 2.67. The summed E-state index contributed by atoms with van der Waals surface area (Å²) in [5.74, 6) is -0.0964. The first-order chi connectivity index (χ1) is 10.8. The summed E-state index contributed by atoms with van der Waals surface area (Å²) in [6, 6.07) is 0.251. The van der Waals surface area contributed by atoms with Crippen LogP contribution in [0.25, 0.3) is 0 Å². The third-order valence-corrected chi connectivity index (χ3v) is 4.75. The van der Waals surface area contributed by atoms with Gasteiger partial charge in [0.25, 0.3) is 0 Å². The van der Waals surface area contributed by atoms with E-state index in [-0.39, 0.29) is 23.9 Å². The monoisotopic (exact) mass is 324 g/mol. The first-order valence-corrected chi connectivity index (χ1v) is 8.73. The minimum atomic E-state index is -0.819. The van der Waals surface area contributed by atoms with Crippen molar-refractivity contribution >= 4 is 11.9 Å². The van der Waals surface area contributed by atoms with Gasteiger partial charge in [-0.25, -0.2) is 4.79 Å². The van der Waals surface area contributed by atoms with Crippen molar-refractivity contribution in [3.63, 3.8) is 0 Å². The van der Waals surface area contributed by atoms with Crippen molar-refractivity contribution in [3.05, 3.63) is 11.6 Å². The zero-order valence-electron chi connectivity index (χ0n) is 15.1. The quantitative estimate of drug-likeness (QED) is 0.720. The van der Waals surface area contributed by atoms with Crippen molar-refractivity contribution in [2.24, 2.45) is 11.8 Å². The standard InChI is InChI=1S/C18H32N2O3/c1-6-20(7-2)17-11-14(18(22)23)8-9-15(17)16(10-12(3)4)19-13(5)21/h8,12,15-17H,6-7,9-11H2,1-5H3,(H,19,21)(H,22,23)/t15-,16-,17-/m0/s1. The summed E-state index contributed by atoms with van der Waals surface area (Å²) >= 11 is 0. The van der Waals surface area contributed by atoms with Crippen LogP contribution < -0.4 is 5.32 Å². The summed E-state index contributed by atoms with van der Waals surface area (Å²) < 4.78 is 0. The van der Waals surface area contributed by atoms with Gasteiger partial charge in [0.2, 0.25) is 5.91 Å². The third kappa shape index (κ3) is 5.65. The number of hydrogen-bond donors (Lipinski definition) is 2. The van der Waals surface area contributed by atoms with Gasteiger partial charge in [-0.2, -0.15) is 0 Å². The van der Waals surface area contributed by atoms with E-state index in [0.29, 0.717) is 24.3 Å². The molecule has 0 bridgehead atoms. The molecular weight excluding hydrogens is 292 g/mol. The van der Waals surface area contributed by atoms with Gasteiger partial charge in [-0.15, -0.1) is 0 Å². The molecule has 132 valence electrons. The Balaban J connectivity index is 3.08. The number of carbonyl (C=O) groups is 2. The predicted molar refractivity (Wildman–Crippen MR) is 92.2 cm³/mol. The molecule has 0 saturated carbocycles. The third-order valence-electron chi connectivity index (χ3n) is 4.75. The fourth-order valence-electron chi connectivity index (χ4n) is 3.70. The summed E-state index contributed by atoms with van der Waals surface area (Å²) in [5.41, 5.74) is 0.504. The minimum absolute atomic E-state index is 0.0121. The Bertz CT molecular complexity index is 442. The summed E-state index contributed by atoms with van der Waals surface area (Å²) in [6.07, 6.45) is 4.02. The number of carboxylic acids is 1. The zero-order chi connectivity index (χ0) is 17.6. The summed E-state index contributed by atoms with van der Waals surface area (Å²) in [7, 11) is 0. The molecule has 23 heavy (non-hydrogen) atoms. The lowest BCUT2D eigenvalue weighted by molar-refractivity contribution is -0.133. The Morgan fingerprint density at radius 1 is 1.35 bits per heavy atom. The highest BCUT2D eigenvalue weighted by molar-refractivity contribution is 5.86. The number of nitrogens with one attached hydrogen (secondary N) is 1. The van der Waals surface area contributed by atoms with Crippen LogP contribution in [0, 0.1) is 11.8 Å². The van der Waals surface area contributed by atoms with Gasteiger partial charge in [0.15, 0.2) is 0 Å². The average Bonchev–Trinajstić information content (AvgIpc) is 2.46. The van der Waals surface area contributed by atoms with Crippen LogP contribution in [0.15, 0.2) is 11.6 Å². The maximum absolute atomic E-state index is 11.6. The lowest BCUT2D eigenvalue weighted by Crippen LogP contribution is -2.52. The number of hydrogen-bond acceptors (Lipinski definition) is 3. The number of aliphatic carboxylic acids is 1. The van der Waals surface area contributed by atoms with E-state index in [1.54, 1.807) is 6.92 Å². The van der Waals surface area contributed by atoms with E-state index in [0.717, 1.165) is 19.5 Å². The molecule has 3 atom stereocenters. The average molecular weight is 324 g/mol. The van der Waals surface area contributed by atoms with Crippen LogP contribution >= 0.6 is 0 Å². The van der Waals surface area contributed by atoms with Crippen molar-refractivity contribution in [1.82, 2.24) is 10.2 Å². The Kier molecular flexibility index (Phi) is 7.76. The zero-order valence-corrected chi connectivity index (χ0v) is 15.1. The van der Waals surface area contributed by atoms with Gasteiger partial charge < -0.3 is 15.3 Å². The van der Waals surface area contributed by atoms with Gasteiger partial charge in [-0.05, 0) is 44.2 Å². The second kappa shape index (κ2) is 9.06. The smallest absolute Gasteiger partial charge is 0.331 e. The molecule has 0 aromatic carbocycles. The Labute approximate surface area is 140 Å². The fourth-order valence-corrected chi connectivity index (χ4v) is 3.70. The first-order valence-electron chi connectivity index (χ1n) is 8.73. The molecule has 1 aliphatic carbocycles. The largest absolute Gasteiger partial charge is 0.478 e. The molecule has 0 aromatic rings. The lowest BCUT2D eigenvalue weighted by Gasteiger charge is -2.42. The maximum Gasteiger partial charge on any atom is 0.331 e. The van der Waals surface area contributed by atoms with Crippen LogP contribution in [0.4, 0.5) is 0 Å². The summed E-state index contributed by atoms with van der Waals surface area (Å²) in [5, 5.41) is 12.5. The van der Waals surface area contributed by atoms with Crippen LogP contribution in [0.3, 0.4) is 0 Å². The van der Waals surface area contributed by atoms with Crippen molar-refractivity contribution in [1.29, 1.82) is 0 Å². The SMILES string of the molecule is CCN(CC)[C@H]1CC(C(=O)O)=CC[C@H]1[C@H](CC(C)C)NC(C)=O. The van der Waals surface area contributed by atoms with E-state index in [4.69, 9.17) is 0 Å². The molecule has 5 nitrogen and oxygen atoms in total. The second-order valence-corrected chi connectivity index (χ2v) is 6.86. The molecule has 0 radical (unpaired) electrons. The normalized spacial score (nSPS) is 22.8. The van der Waals surface area contributed by atoms with E-state index in [2.05, 4.69) is 37.9 Å². The van der Waals surface area contributed by atoms with E-state index in [1.165, 1.54) is 0 Å². The van der Waals surface area contributed by atoms with Gasteiger partial charge in [0, 0.05) is 24.6 Å². The van der Waals surface area contributed by atoms with E-state index in [1.807, 2.05) is 6.08 Å². The Hall–Kier alpha value is -1.36. The minimum Gasteiger partial charge on any atom is -0.478 e. The number of nitrogens with zero attached hydrogens (tertiary/aromatic N) is 1. The summed E-state index contributed by atoms with van der Waals surface area (Å²) in [6.45, 7) is 11.9. The molecule has 0 heterocycles. The lowest BCUT2D eigenvalue weighted by atomic mass is 9.77.